The Hall–Kier alpha value is -7.68. The second kappa shape index (κ2) is 14.1. The molecule has 272 valence electrons. The van der Waals surface area contributed by atoms with E-state index in [1.165, 1.54) is 49.5 Å². The van der Waals surface area contributed by atoms with Gasteiger partial charge < -0.3 is 9.32 Å². The average molecular weight is 740 g/mol. The van der Waals surface area contributed by atoms with Crippen LogP contribution < -0.4 is 4.90 Å². The molecule has 0 saturated heterocycles. The van der Waals surface area contributed by atoms with Crippen molar-refractivity contribution >= 4 is 60.5 Å². The lowest BCUT2D eigenvalue weighted by Gasteiger charge is -2.27. The van der Waals surface area contributed by atoms with E-state index in [0.29, 0.717) is 0 Å². The molecule has 0 aliphatic carbocycles. The summed E-state index contributed by atoms with van der Waals surface area (Å²) in [5, 5.41) is 7.09. The zero-order valence-corrected chi connectivity index (χ0v) is 31.7. The molecule has 2 nitrogen and oxygen atoms in total. The quantitative estimate of drug-likeness (QED) is 0.162. The predicted octanol–water partition coefficient (Wildman–Crippen LogP) is 16.0. The first-order chi connectivity index (χ1) is 28.7. The Bertz CT molecular complexity index is 3260. The lowest BCUT2D eigenvalue weighted by Crippen LogP contribution is -2.10. The van der Waals surface area contributed by atoms with Gasteiger partial charge in [0.1, 0.15) is 11.2 Å². The SMILES string of the molecule is c1ccc(-c2cccc(N(c3ccc(-c4ccc(-c5cccc6ccccc56)cc4)cc3)c3cccc(-c4cccc5oc6c7ccccc7ccc6c45)c3)c2)cc1. The number of nitrogens with zero attached hydrogens (tertiary/aromatic N) is 1. The van der Waals surface area contributed by atoms with Crippen molar-refractivity contribution in [2.45, 2.75) is 0 Å². The molecule has 1 aromatic heterocycles. The second-order valence-corrected chi connectivity index (χ2v) is 14.9. The van der Waals surface area contributed by atoms with Crippen molar-refractivity contribution in [3.05, 3.63) is 224 Å². The molecule has 1 heterocycles. The fourth-order valence-corrected chi connectivity index (χ4v) is 8.63. The molecule has 0 aliphatic heterocycles. The molecule has 0 atom stereocenters. The lowest BCUT2D eigenvalue weighted by molar-refractivity contribution is 0.673. The third-order valence-electron chi connectivity index (χ3n) is 11.5. The topological polar surface area (TPSA) is 16.4 Å². The molecule has 11 rings (SSSR count). The highest BCUT2D eigenvalue weighted by atomic mass is 16.3. The van der Waals surface area contributed by atoms with Gasteiger partial charge in [-0.25, -0.2) is 0 Å². The minimum atomic E-state index is 0.891. The molecule has 0 fully saturated rings. The Balaban J connectivity index is 1.00. The van der Waals surface area contributed by atoms with Crippen LogP contribution in [-0.4, -0.2) is 0 Å². The van der Waals surface area contributed by atoms with Crippen molar-refractivity contribution in [2.75, 3.05) is 4.90 Å². The van der Waals surface area contributed by atoms with E-state index < -0.39 is 0 Å². The van der Waals surface area contributed by atoms with Crippen LogP contribution in [0, 0.1) is 0 Å². The van der Waals surface area contributed by atoms with Crippen molar-refractivity contribution in [2.24, 2.45) is 0 Å². The van der Waals surface area contributed by atoms with Gasteiger partial charge in [-0.3, -0.25) is 0 Å². The van der Waals surface area contributed by atoms with Gasteiger partial charge in [0.05, 0.1) is 0 Å². The van der Waals surface area contributed by atoms with Crippen molar-refractivity contribution in [3.63, 3.8) is 0 Å². The minimum absolute atomic E-state index is 0.891. The van der Waals surface area contributed by atoms with E-state index in [4.69, 9.17) is 4.42 Å². The van der Waals surface area contributed by atoms with Gasteiger partial charge in [0, 0.05) is 33.2 Å². The summed E-state index contributed by atoms with van der Waals surface area (Å²) in [4.78, 5) is 2.37. The van der Waals surface area contributed by atoms with Crippen LogP contribution in [0.4, 0.5) is 17.1 Å². The first kappa shape index (κ1) is 33.6. The van der Waals surface area contributed by atoms with E-state index in [0.717, 1.165) is 55.5 Å². The molecular formula is C56H37NO. The summed E-state index contributed by atoms with van der Waals surface area (Å²) >= 11 is 0. The summed E-state index contributed by atoms with van der Waals surface area (Å²) in [5.74, 6) is 0. The van der Waals surface area contributed by atoms with E-state index in [1.807, 2.05) is 0 Å². The van der Waals surface area contributed by atoms with Crippen molar-refractivity contribution in [3.8, 4) is 44.5 Å². The van der Waals surface area contributed by atoms with Crippen LogP contribution >= 0.6 is 0 Å². The van der Waals surface area contributed by atoms with Gasteiger partial charge >= 0.3 is 0 Å². The van der Waals surface area contributed by atoms with Gasteiger partial charge in [0.15, 0.2) is 0 Å². The fourth-order valence-electron chi connectivity index (χ4n) is 8.63. The van der Waals surface area contributed by atoms with E-state index in [1.54, 1.807) is 0 Å². The highest BCUT2D eigenvalue weighted by Gasteiger charge is 2.18. The van der Waals surface area contributed by atoms with Gasteiger partial charge in [0.2, 0.25) is 0 Å². The molecule has 0 radical (unpaired) electrons. The molecule has 0 spiro atoms. The zero-order valence-electron chi connectivity index (χ0n) is 31.7. The molecule has 58 heavy (non-hydrogen) atoms. The van der Waals surface area contributed by atoms with Crippen molar-refractivity contribution in [1.82, 2.24) is 0 Å². The van der Waals surface area contributed by atoms with Gasteiger partial charge in [-0.2, -0.15) is 0 Å². The number of hydrogen-bond donors (Lipinski definition) is 0. The van der Waals surface area contributed by atoms with Crippen LogP contribution in [0.1, 0.15) is 0 Å². The first-order valence-corrected chi connectivity index (χ1v) is 19.8. The number of fused-ring (bicyclic) bond motifs is 6. The molecule has 10 aromatic carbocycles. The minimum Gasteiger partial charge on any atom is -0.455 e. The van der Waals surface area contributed by atoms with E-state index in [9.17, 15) is 0 Å². The van der Waals surface area contributed by atoms with Crippen LogP contribution in [0.5, 0.6) is 0 Å². The second-order valence-electron chi connectivity index (χ2n) is 14.9. The standard InChI is InChI=1S/C56H37NO/c1-2-12-38(13-3-1)44-17-8-19-47(36-44)57(46-33-30-40(31-34-46)39-26-28-43(29-27-39)50-23-10-16-41-14-4-6-21-49(41)50)48-20-9-18-45(37-48)51-24-11-25-54-55(51)53-35-32-42-15-5-7-22-52(42)56(53)58-54/h1-37H. The Morgan fingerprint density at radius 3 is 1.60 bits per heavy atom. The molecule has 0 amide bonds. The van der Waals surface area contributed by atoms with E-state index in [-0.39, 0.29) is 0 Å². The number of rotatable bonds is 7. The highest BCUT2D eigenvalue weighted by Crippen LogP contribution is 2.43. The average Bonchev–Trinajstić information content (AvgIpc) is 3.70. The number of furan rings is 1. The molecule has 11 aromatic rings. The van der Waals surface area contributed by atoms with Gasteiger partial charge in [-0.15, -0.1) is 0 Å². The van der Waals surface area contributed by atoms with E-state index >= 15 is 0 Å². The Kier molecular flexibility index (Phi) is 8.19. The third kappa shape index (κ3) is 5.91. The third-order valence-corrected chi connectivity index (χ3v) is 11.5. The van der Waals surface area contributed by atoms with Crippen LogP contribution in [0.15, 0.2) is 229 Å². The Morgan fingerprint density at radius 1 is 0.293 bits per heavy atom. The molecule has 2 heteroatoms. The predicted molar refractivity (Wildman–Crippen MR) is 245 cm³/mol. The summed E-state index contributed by atoms with van der Waals surface area (Å²) < 4.78 is 6.58. The maximum atomic E-state index is 6.58. The maximum absolute atomic E-state index is 6.58. The van der Waals surface area contributed by atoms with Crippen LogP contribution in [0.2, 0.25) is 0 Å². The maximum Gasteiger partial charge on any atom is 0.143 e. The Morgan fingerprint density at radius 2 is 0.828 bits per heavy atom. The monoisotopic (exact) mass is 739 g/mol. The summed E-state index contributed by atoms with van der Waals surface area (Å²) in [7, 11) is 0. The summed E-state index contributed by atoms with van der Waals surface area (Å²) in [6.45, 7) is 0. The molecule has 0 bridgehead atoms. The normalized spacial score (nSPS) is 11.4. The van der Waals surface area contributed by atoms with Crippen molar-refractivity contribution < 1.29 is 4.42 Å². The smallest absolute Gasteiger partial charge is 0.143 e. The Labute approximate surface area is 337 Å². The van der Waals surface area contributed by atoms with Crippen LogP contribution in [0.3, 0.4) is 0 Å². The number of anilines is 3. The van der Waals surface area contributed by atoms with Gasteiger partial charge in [0.25, 0.3) is 0 Å². The molecule has 0 aliphatic rings. The summed E-state index contributed by atoms with van der Waals surface area (Å²) in [6, 6.07) is 80.6. The number of benzene rings is 10. The largest absolute Gasteiger partial charge is 0.455 e. The summed E-state index contributed by atoms with van der Waals surface area (Å²) in [6.07, 6.45) is 0. The van der Waals surface area contributed by atoms with Gasteiger partial charge in [-0.1, -0.05) is 176 Å². The molecule has 0 unspecified atom stereocenters. The first-order valence-electron chi connectivity index (χ1n) is 19.8. The van der Waals surface area contributed by atoms with Crippen LogP contribution in [0.25, 0.3) is 88.0 Å². The van der Waals surface area contributed by atoms with Crippen molar-refractivity contribution in [1.29, 1.82) is 0 Å². The van der Waals surface area contributed by atoms with Crippen LogP contribution in [-0.2, 0) is 0 Å². The number of hydrogen-bond acceptors (Lipinski definition) is 2. The van der Waals surface area contributed by atoms with E-state index in [2.05, 4.69) is 229 Å². The highest BCUT2D eigenvalue weighted by molar-refractivity contribution is 6.19. The summed E-state index contributed by atoms with van der Waals surface area (Å²) in [5.41, 5.74) is 14.5. The van der Waals surface area contributed by atoms with Gasteiger partial charge in [-0.05, 0) is 109 Å². The lowest BCUT2D eigenvalue weighted by atomic mass is 9.96. The zero-order chi connectivity index (χ0) is 38.4. The molecule has 0 saturated carbocycles. The molecular weight excluding hydrogens is 703 g/mol. The fraction of sp³-hybridized carbons (Fsp3) is 0. The molecule has 0 N–H and O–H groups in total.